The molecule has 2 rings (SSSR count). The topological polar surface area (TPSA) is 50.1 Å². The quantitative estimate of drug-likeness (QED) is 0.862. The smallest absolute Gasteiger partial charge is 0.159 e. The molecule has 94 valence electrons. The fourth-order valence-corrected chi connectivity index (χ4v) is 2.76. The molecule has 0 amide bonds. The van der Waals surface area contributed by atoms with Gasteiger partial charge in [-0.05, 0) is 25.0 Å². The zero-order chi connectivity index (χ0) is 13.1. The van der Waals surface area contributed by atoms with Crippen LogP contribution in [-0.2, 0) is 9.53 Å². The van der Waals surface area contributed by atoms with Gasteiger partial charge in [0.05, 0.1) is 18.8 Å². The largest absolute Gasteiger partial charge is 0.378 e. The van der Waals surface area contributed by atoms with Crippen LogP contribution >= 0.6 is 15.9 Å². The predicted octanol–water partition coefficient (Wildman–Crippen LogP) is 3.05. The summed E-state index contributed by atoms with van der Waals surface area (Å²) in [5.41, 5.74) is 0.740. The third kappa shape index (κ3) is 2.63. The maximum Gasteiger partial charge on any atom is 0.159 e. The zero-order valence-corrected chi connectivity index (χ0v) is 11.7. The van der Waals surface area contributed by atoms with Crippen LogP contribution in [0.5, 0.6) is 0 Å². The first-order chi connectivity index (χ1) is 8.63. The van der Waals surface area contributed by atoms with E-state index in [1.807, 2.05) is 31.2 Å². The Labute approximate surface area is 115 Å². The highest BCUT2D eigenvalue weighted by atomic mass is 79.9. The first-order valence-electron chi connectivity index (χ1n) is 5.93. The molecule has 1 aromatic carbocycles. The molecule has 4 heteroatoms. The van der Waals surface area contributed by atoms with Crippen molar-refractivity contribution in [2.24, 2.45) is 5.92 Å². The number of benzene rings is 1. The Morgan fingerprint density at radius 2 is 2.28 bits per heavy atom. The Morgan fingerprint density at radius 3 is 2.83 bits per heavy atom. The number of carbonyl (C=O) groups is 1. The van der Waals surface area contributed by atoms with Crippen LogP contribution in [0, 0.1) is 17.2 Å². The van der Waals surface area contributed by atoms with Crippen LogP contribution < -0.4 is 0 Å². The summed E-state index contributed by atoms with van der Waals surface area (Å²) in [5.74, 6) is -0.898. The van der Waals surface area contributed by atoms with Gasteiger partial charge in [-0.15, -0.1) is 0 Å². The lowest BCUT2D eigenvalue weighted by Crippen LogP contribution is -2.22. The molecule has 3 unspecified atom stereocenters. The SMILES string of the molecule is CC1CC(C(=O)C(C#N)c2ccccc2Br)CO1. The van der Waals surface area contributed by atoms with Gasteiger partial charge in [-0.25, -0.2) is 0 Å². The molecular weight excluding hydrogens is 294 g/mol. The van der Waals surface area contributed by atoms with E-state index in [4.69, 9.17) is 4.74 Å². The minimum absolute atomic E-state index is 0.0336. The summed E-state index contributed by atoms with van der Waals surface area (Å²) in [5, 5.41) is 9.27. The third-order valence-corrected chi connectivity index (χ3v) is 3.95. The first kappa shape index (κ1) is 13.3. The molecule has 1 saturated heterocycles. The second kappa shape index (κ2) is 5.64. The minimum Gasteiger partial charge on any atom is -0.378 e. The van der Waals surface area contributed by atoms with Gasteiger partial charge >= 0.3 is 0 Å². The van der Waals surface area contributed by atoms with Crippen molar-refractivity contribution >= 4 is 21.7 Å². The second-order valence-corrected chi connectivity index (χ2v) is 5.42. The number of hydrogen-bond acceptors (Lipinski definition) is 3. The number of hydrogen-bond donors (Lipinski definition) is 0. The van der Waals surface area contributed by atoms with Gasteiger partial charge < -0.3 is 4.74 Å². The maximum absolute atomic E-state index is 12.4. The van der Waals surface area contributed by atoms with Gasteiger partial charge in [-0.2, -0.15) is 5.26 Å². The summed E-state index contributed by atoms with van der Waals surface area (Å²) >= 11 is 3.39. The molecule has 0 aromatic heterocycles. The number of ether oxygens (including phenoxy) is 1. The van der Waals surface area contributed by atoms with Crippen molar-refractivity contribution in [1.29, 1.82) is 5.26 Å². The molecule has 0 N–H and O–H groups in total. The molecule has 0 spiro atoms. The van der Waals surface area contributed by atoms with Crippen molar-refractivity contribution in [3.8, 4) is 6.07 Å². The van der Waals surface area contributed by atoms with Gasteiger partial charge in [0.1, 0.15) is 5.92 Å². The van der Waals surface area contributed by atoms with Gasteiger partial charge in [0, 0.05) is 10.4 Å². The zero-order valence-electron chi connectivity index (χ0n) is 10.1. The Balaban J connectivity index is 2.22. The highest BCUT2D eigenvalue weighted by molar-refractivity contribution is 9.10. The van der Waals surface area contributed by atoms with E-state index in [0.717, 1.165) is 10.0 Å². The summed E-state index contributed by atoms with van der Waals surface area (Å²) in [6, 6.07) is 9.49. The number of nitriles is 1. The Bertz CT molecular complexity index is 495. The van der Waals surface area contributed by atoms with E-state index in [1.54, 1.807) is 0 Å². The number of halogens is 1. The summed E-state index contributed by atoms with van der Waals surface area (Å²) in [7, 11) is 0. The van der Waals surface area contributed by atoms with E-state index in [9.17, 15) is 10.1 Å². The highest BCUT2D eigenvalue weighted by Crippen LogP contribution is 2.30. The number of Topliss-reactive ketones (excluding diaryl/α,β-unsaturated/α-hetero) is 1. The van der Waals surface area contributed by atoms with Gasteiger partial charge in [-0.3, -0.25) is 4.79 Å². The lowest BCUT2D eigenvalue weighted by molar-refractivity contribution is -0.123. The minimum atomic E-state index is -0.709. The van der Waals surface area contributed by atoms with Crippen molar-refractivity contribution in [2.45, 2.75) is 25.4 Å². The molecule has 1 heterocycles. The second-order valence-electron chi connectivity index (χ2n) is 4.56. The molecule has 18 heavy (non-hydrogen) atoms. The van der Waals surface area contributed by atoms with E-state index in [0.29, 0.717) is 13.0 Å². The third-order valence-electron chi connectivity index (χ3n) is 3.23. The van der Waals surface area contributed by atoms with Crippen LogP contribution in [0.3, 0.4) is 0 Å². The summed E-state index contributed by atoms with van der Waals surface area (Å²) in [6.07, 6.45) is 0.819. The van der Waals surface area contributed by atoms with Crippen LogP contribution in [0.2, 0.25) is 0 Å². The first-order valence-corrected chi connectivity index (χ1v) is 6.72. The van der Waals surface area contributed by atoms with Gasteiger partial charge in [0.25, 0.3) is 0 Å². The number of nitrogens with zero attached hydrogens (tertiary/aromatic N) is 1. The van der Waals surface area contributed by atoms with E-state index < -0.39 is 5.92 Å². The van der Waals surface area contributed by atoms with E-state index >= 15 is 0 Å². The molecule has 1 aliphatic rings. The number of ketones is 1. The standard InChI is InChI=1S/C14H14BrNO2/c1-9-6-10(8-18-9)14(17)12(7-16)11-4-2-3-5-13(11)15/h2-5,9-10,12H,6,8H2,1H3. The Kier molecular flexibility index (Phi) is 4.15. The molecule has 1 aromatic rings. The maximum atomic E-state index is 12.4. The lowest BCUT2D eigenvalue weighted by Gasteiger charge is -2.14. The molecule has 1 aliphatic heterocycles. The molecule has 0 aliphatic carbocycles. The van der Waals surface area contributed by atoms with Gasteiger partial charge in [-0.1, -0.05) is 34.1 Å². The monoisotopic (exact) mass is 307 g/mol. The molecule has 0 bridgehead atoms. The van der Waals surface area contributed by atoms with Crippen molar-refractivity contribution < 1.29 is 9.53 Å². The van der Waals surface area contributed by atoms with Crippen LogP contribution in [0.1, 0.15) is 24.8 Å². The van der Waals surface area contributed by atoms with E-state index in [2.05, 4.69) is 22.0 Å². The van der Waals surface area contributed by atoms with Crippen LogP contribution in [0.15, 0.2) is 28.7 Å². The number of rotatable bonds is 3. The molecular formula is C14H14BrNO2. The van der Waals surface area contributed by atoms with Crippen LogP contribution in [-0.4, -0.2) is 18.5 Å². The molecule has 3 atom stereocenters. The molecule has 0 radical (unpaired) electrons. The Hall–Kier alpha value is -1.18. The van der Waals surface area contributed by atoms with Crippen molar-refractivity contribution in [3.05, 3.63) is 34.3 Å². The van der Waals surface area contributed by atoms with Crippen LogP contribution in [0.4, 0.5) is 0 Å². The van der Waals surface area contributed by atoms with Crippen molar-refractivity contribution in [3.63, 3.8) is 0 Å². The summed E-state index contributed by atoms with van der Waals surface area (Å²) in [4.78, 5) is 12.4. The van der Waals surface area contributed by atoms with Crippen LogP contribution in [0.25, 0.3) is 0 Å². The summed E-state index contributed by atoms with van der Waals surface area (Å²) < 4.78 is 6.21. The van der Waals surface area contributed by atoms with Gasteiger partial charge in [0.2, 0.25) is 0 Å². The summed E-state index contributed by atoms with van der Waals surface area (Å²) in [6.45, 7) is 2.38. The van der Waals surface area contributed by atoms with E-state index in [1.165, 1.54) is 0 Å². The fraction of sp³-hybridized carbons (Fsp3) is 0.429. The fourth-order valence-electron chi connectivity index (χ4n) is 2.25. The Morgan fingerprint density at radius 1 is 1.56 bits per heavy atom. The van der Waals surface area contributed by atoms with Gasteiger partial charge in [0.15, 0.2) is 5.78 Å². The normalized spacial score (nSPS) is 24.5. The average molecular weight is 308 g/mol. The average Bonchev–Trinajstić information content (AvgIpc) is 2.79. The molecule has 1 fully saturated rings. The highest BCUT2D eigenvalue weighted by Gasteiger charge is 2.34. The number of carbonyl (C=O) groups excluding carboxylic acids is 1. The van der Waals surface area contributed by atoms with E-state index in [-0.39, 0.29) is 17.8 Å². The van der Waals surface area contributed by atoms with Crippen molar-refractivity contribution in [1.82, 2.24) is 0 Å². The van der Waals surface area contributed by atoms with Crippen molar-refractivity contribution in [2.75, 3.05) is 6.61 Å². The predicted molar refractivity (Wildman–Crippen MR) is 71.0 cm³/mol. The molecule has 3 nitrogen and oxygen atoms in total. The molecule has 0 saturated carbocycles. The lowest BCUT2D eigenvalue weighted by atomic mass is 9.87.